The molecule has 3 fully saturated rings. The normalized spacial score (nSPS) is 32.1. The zero-order chi connectivity index (χ0) is 32.3. The number of nitrogens with zero attached hydrogens (tertiary/aromatic N) is 1. The number of aldehydes is 1. The molecule has 1 spiro atoms. The first-order valence-corrected chi connectivity index (χ1v) is 15.6. The van der Waals surface area contributed by atoms with Gasteiger partial charge in [0.2, 0.25) is 0 Å². The molecule has 2 bridgehead atoms. The molecule has 3 aliphatic carbocycles. The van der Waals surface area contributed by atoms with Crippen LogP contribution in [0.5, 0.6) is 11.5 Å². The van der Waals surface area contributed by atoms with Crippen LogP contribution < -0.4 is 20.4 Å². The van der Waals surface area contributed by atoms with Crippen molar-refractivity contribution in [3.05, 3.63) is 17.2 Å². The highest BCUT2D eigenvalue weighted by Gasteiger charge is 2.76. The Labute approximate surface area is 259 Å². The lowest BCUT2D eigenvalue weighted by atomic mass is 9.48. The van der Waals surface area contributed by atoms with Gasteiger partial charge >= 0.3 is 17.9 Å². The summed E-state index contributed by atoms with van der Waals surface area (Å²) in [6, 6.07) is -0.918. The Morgan fingerprint density at radius 1 is 1.16 bits per heavy atom. The van der Waals surface area contributed by atoms with Crippen LogP contribution in [0.4, 0.5) is 5.69 Å². The zero-order valence-corrected chi connectivity index (χ0v) is 25.1. The van der Waals surface area contributed by atoms with E-state index >= 15 is 0 Å². The number of piperidine rings is 1. The lowest BCUT2D eigenvalue weighted by molar-refractivity contribution is -0.950. The third-order valence-corrected chi connectivity index (χ3v) is 10.8. The van der Waals surface area contributed by atoms with Crippen LogP contribution in [0.3, 0.4) is 0 Å². The molecule has 1 aromatic rings. The Hall–Kier alpha value is -3.75. The number of anilines is 1. The maximum Gasteiger partial charge on any atom is 0.326 e. The van der Waals surface area contributed by atoms with Crippen LogP contribution in [0.25, 0.3) is 0 Å². The van der Waals surface area contributed by atoms with Gasteiger partial charge in [-0.2, -0.15) is 0 Å². The van der Waals surface area contributed by atoms with Gasteiger partial charge in [-0.15, -0.1) is 5.48 Å². The van der Waals surface area contributed by atoms with E-state index in [1.54, 1.807) is 6.07 Å². The largest absolute Gasteiger partial charge is 0.481 e. The van der Waals surface area contributed by atoms with Gasteiger partial charge in [-0.1, -0.05) is 0 Å². The summed E-state index contributed by atoms with van der Waals surface area (Å²) in [5.74, 6) is -2.93. The molecule has 6 N–H and O–H groups in total. The van der Waals surface area contributed by atoms with Crippen LogP contribution in [0.2, 0.25) is 0 Å². The van der Waals surface area contributed by atoms with Crippen molar-refractivity contribution in [3.63, 3.8) is 0 Å². The molecule has 14 heteroatoms. The van der Waals surface area contributed by atoms with Crippen LogP contribution in [0, 0.1) is 5.92 Å². The fourth-order valence-corrected chi connectivity index (χ4v) is 8.49. The van der Waals surface area contributed by atoms with E-state index in [0.29, 0.717) is 35.1 Å². The molecule has 0 amide bonds. The number of benzene rings is 1. The Bertz CT molecular complexity index is 1450. The number of Topliss-reactive ketones (excluding diaryl/α,β-unsaturated/α-hetero) is 1. The highest BCUT2D eigenvalue weighted by Crippen LogP contribution is 2.66. The van der Waals surface area contributed by atoms with E-state index in [0.717, 1.165) is 31.5 Å². The average Bonchev–Trinajstić information content (AvgIpc) is 3.71. The first-order chi connectivity index (χ1) is 21.3. The third kappa shape index (κ3) is 5.12. The molecule has 1 saturated heterocycles. The predicted molar refractivity (Wildman–Crippen MR) is 155 cm³/mol. The second-order valence-electron chi connectivity index (χ2n) is 13.6. The number of ketones is 1. The number of carbonyl (C=O) groups is 5. The Balaban J connectivity index is 1.47. The number of likely N-dealkylation sites (tertiary alicyclic amines) is 1. The minimum absolute atomic E-state index is 0.0508. The zero-order valence-electron chi connectivity index (χ0n) is 25.1. The summed E-state index contributed by atoms with van der Waals surface area (Å²) in [4.78, 5) is 65.8. The van der Waals surface area contributed by atoms with Gasteiger partial charge in [0.25, 0.3) is 0 Å². The molecule has 2 saturated carbocycles. The van der Waals surface area contributed by atoms with Gasteiger partial charge in [-0.05, 0) is 43.7 Å². The van der Waals surface area contributed by atoms with Crippen molar-refractivity contribution < 1.29 is 58.5 Å². The molecule has 0 radical (unpaired) electrons. The smallest absolute Gasteiger partial charge is 0.326 e. The molecule has 7 atom stereocenters. The van der Waals surface area contributed by atoms with Gasteiger partial charge in [0.05, 0.1) is 31.6 Å². The number of rotatable bonds is 15. The van der Waals surface area contributed by atoms with E-state index < -0.39 is 53.5 Å². The number of carboxylic acid groups (broad SMARTS) is 3. The van der Waals surface area contributed by atoms with Gasteiger partial charge in [0, 0.05) is 43.6 Å². The van der Waals surface area contributed by atoms with Crippen molar-refractivity contribution in [2.75, 3.05) is 25.5 Å². The maximum atomic E-state index is 13.5. The summed E-state index contributed by atoms with van der Waals surface area (Å²) in [5, 5.41) is 43.9. The lowest BCUT2D eigenvalue weighted by Gasteiger charge is -2.64. The summed E-state index contributed by atoms with van der Waals surface area (Å²) >= 11 is 0. The number of ether oxygens (including phenoxy) is 1. The molecule has 244 valence electrons. The highest BCUT2D eigenvalue weighted by molar-refractivity contribution is 5.92. The fourth-order valence-electron chi connectivity index (χ4n) is 8.49. The van der Waals surface area contributed by atoms with Crippen molar-refractivity contribution in [1.82, 2.24) is 5.48 Å². The van der Waals surface area contributed by atoms with Crippen LogP contribution in [0.15, 0.2) is 6.07 Å². The van der Waals surface area contributed by atoms with Crippen LogP contribution in [-0.2, 0) is 35.8 Å². The van der Waals surface area contributed by atoms with Crippen molar-refractivity contribution >= 4 is 35.7 Å². The molecule has 1 aromatic carbocycles. The molecule has 2 heterocycles. The lowest BCUT2D eigenvalue weighted by Crippen LogP contribution is -2.80. The quantitative estimate of drug-likeness (QED) is 0.0909. The van der Waals surface area contributed by atoms with Crippen molar-refractivity contribution in [3.8, 4) is 11.5 Å². The number of hydrogen-bond donors (Lipinski definition) is 6. The van der Waals surface area contributed by atoms with Crippen molar-refractivity contribution in [2.24, 2.45) is 5.92 Å². The van der Waals surface area contributed by atoms with Gasteiger partial charge < -0.3 is 44.6 Å². The topological polar surface area (TPSA) is 209 Å². The summed E-state index contributed by atoms with van der Waals surface area (Å²) in [7, 11) is 2.17. The number of carboxylic acids is 3. The Kier molecular flexibility index (Phi) is 7.81. The van der Waals surface area contributed by atoms with Gasteiger partial charge in [-0.25, -0.2) is 4.79 Å². The van der Waals surface area contributed by atoms with Gasteiger partial charge in [-0.3, -0.25) is 14.4 Å². The Morgan fingerprint density at radius 3 is 2.51 bits per heavy atom. The molecule has 14 nitrogen and oxygen atoms in total. The third-order valence-electron chi connectivity index (χ3n) is 10.8. The molecule has 5 aliphatic rings. The van der Waals surface area contributed by atoms with Crippen molar-refractivity contribution in [2.45, 2.75) is 99.5 Å². The van der Waals surface area contributed by atoms with Crippen LogP contribution in [-0.4, -0.2) is 105 Å². The first kappa shape index (κ1) is 31.2. The monoisotopic (exact) mass is 630 g/mol. The van der Waals surface area contributed by atoms with Crippen LogP contribution >= 0.6 is 0 Å². The van der Waals surface area contributed by atoms with E-state index in [4.69, 9.17) is 14.7 Å². The summed E-state index contributed by atoms with van der Waals surface area (Å²) < 4.78 is 7.12. The number of nitrogens with one attached hydrogen (secondary N) is 2. The summed E-state index contributed by atoms with van der Waals surface area (Å²) in [6.45, 7) is 1.66. The van der Waals surface area contributed by atoms with E-state index in [9.17, 15) is 39.3 Å². The molecular weight excluding hydrogens is 590 g/mol. The van der Waals surface area contributed by atoms with E-state index in [2.05, 4.69) is 17.8 Å². The highest BCUT2D eigenvalue weighted by atomic mass is 16.6. The van der Waals surface area contributed by atoms with E-state index in [-0.39, 0.29) is 61.1 Å². The molecule has 6 rings (SSSR count). The number of carbonyl (C=O) groups excluding carboxylic acids is 2. The number of hydrogen-bond acceptors (Lipinski definition) is 10. The second kappa shape index (κ2) is 11.2. The minimum Gasteiger partial charge on any atom is -0.481 e. The van der Waals surface area contributed by atoms with Crippen molar-refractivity contribution in [1.29, 1.82) is 0 Å². The molecule has 0 unspecified atom stereocenters. The van der Waals surface area contributed by atoms with E-state index in [1.807, 2.05) is 0 Å². The standard InChI is InChI=1S/C31H39N3O11/c1-34(14-16-2-3-16)11-10-30-25-17-12-21(45-33-18(15-35)4-6-23(37)38)26(32-19(29(41)42)5-7-24(39)40)27(25)44-28(30)20(36)8-9-31(30,43)22(34)13-17/h12,15-16,18-19,22,28,32-33,43H,2-11,13-14H2,1H3,(H2-,37,38,39,40,41,42)/p+1/t18-,19-,22-,28-,30-,31+,34+/m0/s1. The number of hydroxylamine groups is 1. The Morgan fingerprint density at radius 2 is 1.87 bits per heavy atom. The summed E-state index contributed by atoms with van der Waals surface area (Å²) in [6.07, 6.45) is 2.09. The van der Waals surface area contributed by atoms with Gasteiger partial charge in [0.15, 0.2) is 23.4 Å². The first-order valence-electron chi connectivity index (χ1n) is 15.6. The molecule has 2 aliphatic heterocycles. The van der Waals surface area contributed by atoms with Crippen LogP contribution in [0.1, 0.15) is 68.9 Å². The fraction of sp³-hybridized carbons (Fsp3) is 0.645. The summed E-state index contributed by atoms with van der Waals surface area (Å²) in [5.41, 5.74) is 1.76. The molecular formula is C31H40N3O11+. The number of aliphatic hydroxyl groups is 1. The average molecular weight is 631 g/mol. The van der Waals surface area contributed by atoms with E-state index in [1.165, 1.54) is 0 Å². The second-order valence-corrected chi connectivity index (χ2v) is 13.6. The SMILES string of the molecule is C[N@+]1(CC2CC2)CC[C@]23c4c5cc(ON[C@H](C=O)CCC(=O)O)c(N[C@@H](CCC(=O)O)C(=O)O)c4O[C@H]2C(=O)CC[C@@]3(O)[C@@H]1C5. The maximum absolute atomic E-state index is 13.5. The number of likely N-dealkylation sites (N-methyl/N-ethyl adjacent to an activating group) is 1. The predicted octanol–water partition coefficient (Wildman–Crippen LogP) is 1.01. The number of quaternary nitrogens is 1. The molecule has 45 heavy (non-hydrogen) atoms. The van der Waals surface area contributed by atoms with Gasteiger partial charge in [0.1, 0.15) is 29.7 Å². The molecule has 0 aromatic heterocycles. The number of aliphatic carboxylic acids is 3. The minimum atomic E-state index is -1.38.